The number of fused-ring (bicyclic) bond motifs is 1. The van der Waals surface area contributed by atoms with Crippen molar-refractivity contribution in [2.45, 2.75) is 37.4 Å². The molecule has 1 aromatic rings. The number of rotatable bonds is 4. The normalized spacial score (nSPS) is 24.8. The summed E-state index contributed by atoms with van der Waals surface area (Å²) >= 11 is 0. The lowest BCUT2D eigenvalue weighted by atomic mass is 9.78. The summed E-state index contributed by atoms with van der Waals surface area (Å²) in [5.41, 5.74) is 0.623. The molecule has 0 bridgehead atoms. The van der Waals surface area contributed by atoms with Gasteiger partial charge in [-0.05, 0) is 30.8 Å². The van der Waals surface area contributed by atoms with Crippen molar-refractivity contribution in [3.63, 3.8) is 0 Å². The van der Waals surface area contributed by atoms with Gasteiger partial charge in [-0.1, -0.05) is 6.07 Å². The monoisotopic (exact) mass is 376 g/mol. The number of carboxylic acids is 1. The molecule has 27 heavy (non-hydrogen) atoms. The molecule has 1 amide bonds. The van der Waals surface area contributed by atoms with Gasteiger partial charge in [-0.25, -0.2) is 4.79 Å². The SMILES string of the molecule is O=C(O)c1c(OC2CN(C(=O)[C@@H]3C[C@@H](O)CN3)C2)ccc2c1OB(O)CC2. The number of likely N-dealkylation sites (tertiary alicyclic amines) is 1. The zero-order chi connectivity index (χ0) is 19.1. The van der Waals surface area contributed by atoms with Gasteiger partial charge in [0.2, 0.25) is 5.91 Å². The van der Waals surface area contributed by atoms with Crippen molar-refractivity contribution in [3.05, 3.63) is 23.3 Å². The van der Waals surface area contributed by atoms with E-state index in [4.69, 9.17) is 9.39 Å². The number of β-amino-alcohol motifs (C(OH)–C–C–N with tert-alkyl or cyclic N) is 1. The van der Waals surface area contributed by atoms with Crippen LogP contribution in [0.3, 0.4) is 0 Å². The second-order valence-corrected chi connectivity index (χ2v) is 7.18. The second-order valence-electron chi connectivity index (χ2n) is 7.18. The number of amides is 1. The summed E-state index contributed by atoms with van der Waals surface area (Å²) in [6, 6.07) is 2.96. The first kappa shape index (κ1) is 18.1. The Kier molecular flexibility index (Phi) is 4.71. The fourth-order valence-corrected chi connectivity index (χ4v) is 3.71. The fraction of sp³-hybridized carbons (Fsp3) is 0.529. The molecule has 1 aromatic carbocycles. The first-order valence-electron chi connectivity index (χ1n) is 9.03. The van der Waals surface area contributed by atoms with E-state index in [1.165, 1.54) is 0 Å². The molecule has 4 rings (SSSR count). The van der Waals surface area contributed by atoms with Crippen LogP contribution in [-0.2, 0) is 11.2 Å². The number of benzene rings is 1. The molecule has 9 nitrogen and oxygen atoms in total. The molecule has 4 N–H and O–H groups in total. The topological polar surface area (TPSA) is 129 Å². The molecule has 0 radical (unpaired) electrons. The number of aliphatic hydroxyl groups excluding tert-OH is 1. The molecular weight excluding hydrogens is 355 g/mol. The number of carbonyl (C=O) groups excluding carboxylic acids is 1. The average Bonchev–Trinajstić information content (AvgIpc) is 3.02. The fourth-order valence-electron chi connectivity index (χ4n) is 3.71. The van der Waals surface area contributed by atoms with Gasteiger partial charge in [0.25, 0.3) is 0 Å². The number of aliphatic hydroxyl groups is 1. The summed E-state index contributed by atoms with van der Waals surface area (Å²) in [4.78, 5) is 25.7. The van der Waals surface area contributed by atoms with E-state index in [0.717, 1.165) is 5.56 Å². The van der Waals surface area contributed by atoms with Crippen LogP contribution in [0.25, 0.3) is 0 Å². The molecule has 0 unspecified atom stereocenters. The number of aryl methyl sites for hydroxylation is 1. The predicted molar refractivity (Wildman–Crippen MR) is 93.9 cm³/mol. The largest absolute Gasteiger partial charge is 0.535 e. The van der Waals surface area contributed by atoms with Gasteiger partial charge in [-0.2, -0.15) is 0 Å². The van der Waals surface area contributed by atoms with Gasteiger partial charge in [0.1, 0.15) is 23.2 Å². The van der Waals surface area contributed by atoms with E-state index in [9.17, 15) is 24.8 Å². The van der Waals surface area contributed by atoms with Crippen LogP contribution < -0.4 is 14.7 Å². The number of nitrogens with zero attached hydrogens (tertiary/aromatic N) is 1. The molecule has 2 fully saturated rings. The van der Waals surface area contributed by atoms with E-state index >= 15 is 0 Å². The van der Waals surface area contributed by atoms with Crippen LogP contribution in [0.5, 0.6) is 11.5 Å². The Balaban J connectivity index is 1.43. The van der Waals surface area contributed by atoms with Gasteiger partial charge < -0.3 is 34.8 Å². The van der Waals surface area contributed by atoms with Crippen LogP contribution in [-0.4, -0.2) is 77.0 Å². The van der Waals surface area contributed by atoms with Crippen LogP contribution in [0.2, 0.25) is 6.32 Å². The number of hydrogen-bond donors (Lipinski definition) is 4. The van der Waals surface area contributed by atoms with Gasteiger partial charge in [0.05, 0.1) is 25.2 Å². The third-order valence-electron chi connectivity index (χ3n) is 5.19. The van der Waals surface area contributed by atoms with Crippen molar-refractivity contribution in [2.75, 3.05) is 19.6 Å². The first-order valence-corrected chi connectivity index (χ1v) is 9.03. The van der Waals surface area contributed by atoms with E-state index in [1.807, 2.05) is 0 Å². The van der Waals surface area contributed by atoms with Gasteiger partial charge in [-0.3, -0.25) is 4.79 Å². The standard InChI is InChI=1S/C17H21BN2O7/c21-10-5-12(19-6-10)16(22)20-7-11(8-20)26-13-2-1-9-3-4-18(25)27-15(9)14(13)17(23)24/h1-2,10-12,19,21,25H,3-8H2,(H,23,24)/t10-,12+/m1/s1. The predicted octanol–water partition coefficient (Wildman–Crippen LogP) is -0.887. The zero-order valence-corrected chi connectivity index (χ0v) is 14.6. The third-order valence-corrected chi connectivity index (χ3v) is 5.19. The maximum Gasteiger partial charge on any atom is 0.522 e. The van der Waals surface area contributed by atoms with E-state index in [-0.39, 0.29) is 35.1 Å². The molecule has 2 atom stereocenters. The van der Waals surface area contributed by atoms with Crippen LogP contribution in [0.1, 0.15) is 22.3 Å². The van der Waals surface area contributed by atoms with Crippen molar-refractivity contribution >= 4 is 19.0 Å². The lowest BCUT2D eigenvalue weighted by Gasteiger charge is -2.40. The Bertz CT molecular complexity index is 768. The Morgan fingerprint density at radius 2 is 2.11 bits per heavy atom. The molecule has 3 heterocycles. The molecule has 3 aliphatic rings. The summed E-state index contributed by atoms with van der Waals surface area (Å²) in [6.07, 6.45) is 0.522. The summed E-state index contributed by atoms with van der Waals surface area (Å²) in [5, 5.41) is 31.8. The highest BCUT2D eigenvalue weighted by Gasteiger charge is 2.39. The average molecular weight is 376 g/mol. The van der Waals surface area contributed by atoms with Crippen molar-refractivity contribution in [2.24, 2.45) is 0 Å². The smallest absolute Gasteiger partial charge is 0.522 e. The third kappa shape index (κ3) is 3.47. The molecule has 2 saturated heterocycles. The van der Waals surface area contributed by atoms with Gasteiger partial charge in [0, 0.05) is 6.54 Å². The minimum Gasteiger partial charge on any atom is -0.535 e. The van der Waals surface area contributed by atoms with Crippen molar-refractivity contribution in [3.8, 4) is 11.5 Å². The summed E-state index contributed by atoms with van der Waals surface area (Å²) in [7, 11) is -1.03. The zero-order valence-electron chi connectivity index (χ0n) is 14.6. The minimum atomic E-state index is -1.19. The highest BCUT2D eigenvalue weighted by molar-refractivity contribution is 6.44. The number of carboxylic acid groups (broad SMARTS) is 1. The van der Waals surface area contributed by atoms with Crippen molar-refractivity contribution < 1.29 is 34.2 Å². The van der Waals surface area contributed by atoms with E-state index in [2.05, 4.69) is 5.32 Å². The number of ether oxygens (including phenoxy) is 1. The summed E-state index contributed by atoms with van der Waals surface area (Å²) in [6.45, 7) is 1.12. The second kappa shape index (κ2) is 7.03. The number of carbonyl (C=O) groups is 2. The molecule has 0 aromatic heterocycles. The summed E-state index contributed by atoms with van der Waals surface area (Å²) in [5.74, 6) is -0.953. The van der Waals surface area contributed by atoms with Crippen molar-refractivity contribution in [1.82, 2.24) is 10.2 Å². The highest BCUT2D eigenvalue weighted by Crippen LogP contribution is 2.37. The Labute approximate surface area is 156 Å². The molecule has 0 aliphatic carbocycles. The van der Waals surface area contributed by atoms with Gasteiger partial charge >= 0.3 is 13.1 Å². The first-order chi connectivity index (χ1) is 12.9. The van der Waals surface area contributed by atoms with Crippen LogP contribution in [0.15, 0.2) is 12.1 Å². The van der Waals surface area contributed by atoms with E-state index < -0.39 is 19.2 Å². The number of nitrogens with one attached hydrogen (secondary N) is 1. The number of aromatic carboxylic acids is 1. The Morgan fingerprint density at radius 3 is 2.78 bits per heavy atom. The molecule has 10 heteroatoms. The summed E-state index contributed by atoms with van der Waals surface area (Å²) < 4.78 is 11.1. The molecular formula is C17H21BN2O7. The quantitative estimate of drug-likeness (QED) is 0.499. The van der Waals surface area contributed by atoms with Gasteiger partial charge in [-0.15, -0.1) is 0 Å². The lowest BCUT2D eigenvalue weighted by molar-refractivity contribution is -0.142. The number of hydrogen-bond acceptors (Lipinski definition) is 7. The van der Waals surface area contributed by atoms with Crippen LogP contribution in [0.4, 0.5) is 0 Å². The Hall–Kier alpha value is -2.30. The molecule has 0 spiro atoms. The van der Waals surface area contributed by atoms with E-state index in [0.29, 0.717) is 38.8 Å². The van der Waals surface area contributed by atoms with Crippen molar-refractivity contribution in [1.29, 1.82) is 0 Å². The lowest BCUT2D eigenvalue weighted by Crippen LogP contribution is -2.59. The molecule has 144 valence electrons. The Morgan fingerprint density at radius 1 is 1.33 bits per heavy atom. The van der Waals surface area contributed by atoms with Crippen LogP contribution >= 0.6 is 0 Å². The van der Waals surface area contributed by atoms with E-state index in [1.54, 1.807) is 17.0 Å². The van der Waals surface area contributed by atoms with Gasteiger partial charge in [0.15, 0.2) is 0 Å². The van der Waals surface area contributed by atoms with Crippen LogP contribution in [0, 0.1) is 0 Å². The maximum absolute atomic E-state index is 12.3. The molecule has 3 aliphatic heterocycles. The highest BCUT2D eigenvalue weighted by atomic mass is 16.5. The maximum atomic E-state index is 12.3. The minimum absolute atomic E-state index is 0.0817. The molecule has 0 saturated carbocycles.